The van der Waals surface area contributed by atoms with Gasteiger partial charge in [0.1, 0.15) is 4.83 Å². The van der Waals surface area contributed by atoms with E-state index in [9.17, 15) is 18.0 Å². The lowest BCUT2D eigenvalue weighted by molar-refractivity contribution is -0.119. The van der Waals surface area contributed by atoms with Crippen LogP contribution in [0.15, 0.2) is 22.6 Å². The third kappa shape index (κ3) is 4.50. The van der Waals surface area contributed by atoms with E-state index in [1.807, 2.05) is 0 Å². The van der Waals surface area contributed by atoms with Gasteiger partial charge in [-0.25, -0.2) is 13.4 Å². The highest BCUT2D eigenvalue weighted by Gasteiger charge is 2.29. The molecule has 7 nitrogen and oxygen atoms in total. The monoisotopic (exact) mass is 467 g/mol. The average molecular weight is 468 g/mol. The maximum absolute atomic E-state index is 13.3. The van der Waals surface area contributed by atoms with Crippen molar-refractivity contribution in [3.63, 3.8) is 0 Å². The number of rotatable bonds is 6. The van der Waals surface area contributed by atoms with E-state index in [1.54, 1.807) is 22.0 Å². The number of allylic oxidation sites excluding steroid dienone is 1. The maximum Gasteiger partial charge on any atom is 0.263 e. The standard InChI is InChI=1S/C20H25N3O4S3/c1-2-9-23-19(25)17-14-6-4-3-5-7-15(14)29-18(17)22-20(23)28-11-16(24)21-13-8-10-30(26,27)12-13/h2,13H,1,3-12H2,(H,21,24). The van der Waals surface area contributed by atoms with Gasteiger partial charge in [0.05, 0.1) is 22.6 Å². The molecule has 0 bridgehead atoms. The smallest absolute Gasteiger partial charge is 0.263 e. The van der Waals surface area contributed by atoms with Crippen LogP contribution in [-0.4, -0.2) is 47.2 Å². The molecule has 0 aromatic carbocycles. The highest BCUT2D eigenvalue weighted by Crippen LogP contribution is 2.34. The first-order valence-electron chi connectivity index (χ1n) is 10.2. The molecule has 162 valence electrons. The van der Waals surface area contributed by atoms with Crippen molar-refractivity contribution in [2.45, 2.75) is 56.3 Å². The number of amides is 1. The van der Waals surface area contributed by atoms with Crippen LogP contribution in [0.1, 0.15) is 36.1 Å². The van der Waals surface area contributed by atoms with Gasteiger partial charge in [0.15, 0.2) is 15.0 Å². The molecule has 0 saturated carbocycles. The Bertz CT molecular complexity index is 1150. The Balaban J connectivity index is 1.57. The summed E-state index contributed by atoms with van der Waals surface area (Å²) in [6.45, 7) is 4.09. The number of aryl methyl sites for hydroxylation is 2. The zero-order chi connectivity index (χ0) is 21.3. The van der Waals surface area contributed by atoms with Gasteiger partial charge in [-0.05, 0) is 37.7 Å². The Hall–Kier alpha value is -1.65. The Morgan fingerprint density at radius 3 is 2.87 bits per heavy atom. The molecular formula is C20H25N3O4S3. The number of hydrogen-bond donors (Lipinski definition) is 1. The second kappa shape index (κ2) is 8.84. The Morgan fingerprint density at radius 2 is 2.13 bits per heavy atom. The molecule has 30 heavy (non-hydrogen) atoms. The van der Waals surface area contributed by atoms with Gasteiger partial charge in [-0.2, -0.15) is 0 Å². The molecule has 1 fully saturated rings. The van der Waals surface area contributed by atoms with E-state index in [0.717, 1.165) is 41.5 Å². The van der Waals surface area contributed by atoms with Crippen LogP contribution < -0.4 is 10.9 Å². The van der Waals surface area contributed by atoms with Crippen molar-refractivity contribution in [1.82, 2.24) is 14.9 Å². The van der Waals surface area contributed by atoms with Gasteiger partial charge in [-0.1, -0.05) is 24.3 Å². The van der Waals surface area contributed by atoms with Crippen molar-refractivity contribution in [3.05, 3.63) is 33.4 Å². The molecule has 1 N–H and O–H groups in total. The SMILES string of the molecule is C=CCn1c(SCC(=O)NC2CCS(=O)(=O)C2)nc2sc3c(c2c1=O)CCCCC3. The fourth-order valence-corrected chi connectivity index (χ4v) is 7.90. The van der Waals surface area contributed by atoms with E-state index in [-0.39, 0.29) is 34.8 Å². The molecule has 1 saturated heterocycles. The van der Waals surface area contributed by atoms with Crippen molar-refractivity contribution in [2.75, 3.05) is 17.3 Å². The summed E-state index contributed by atoms with van der Waals surface area (Å²) in [5.74, 6) is -0.0547. The molecule has 2 aliphatic rings. The summed E-state index contributed by atoms with van der Waals surface area (Å²) < 4.78 is 24.7. The van der Waals surface area contributed by atoms with Gasteiger partial charge in [0, 0.05) is 17.5 Å². The van der Waals surface area contributed by atoms with Crippen LogP contribution in [0.3, 0.4) is 0 Å². The summed E-state index contributed by atoms with van der Waals surface area (Å²) >= 11 is 2.80. The molecule has 2 aromatic rings. The summed E-state index contributed by atoms with van der Waals surface area (Å²) in [6, 6.07) is -0.332. The quantitative estimate of drug-likeness (QED) is 0.303. The van der Waals surface area contributed by atoms with Crippen molar-refractivity contribution in [1.29, 1.82) is 0 Å². The topological polar surface area (TPSA) is 98.1 Å². The zero-order valence-electron chi connectivity index (χ0n) is 16.7. The maximum atomic E-state index is 13.3. The van der Waals surface area contributed by atoms with Crippen LogP contribution >= 0.6 is 23.1 Å². The predicted molar refractivity (Wildman–Crippen MR) is 121 cm³/mol. The number of fused-ring (bicyclic) bond motifs is 3. The summed E-state index contributed by atoms with van der Waals surface area (Å²) in [6.07, 6.45) is 7.43. The van der Waals surface area contributed by atoms with Gasteiger partial charge in [0.2, 0.25) is 5.91 Å². The number of carbonyl (C=O) groups excluding carboxylic acids is 1. The summed E-state index contributed by atoms with van der Waals surface area (Å²) in [5.41, 5.74) is 1.09. The fourth-order valence-electron chi connectivity index (χ4n) is 4.11. The number of thiophene rings is 1. The van der Waals surface area contributed by atoms with E-state index >= 15 is 0 Å². The Kier molecular flexibility index (Phi) is 6.36. The van der Waals surface area contributed by atoms with Crippen LogP contribution in [0.2, 0.25) is 0 Å². The lowest BCUT2D eigenvalue weighted by Crippen LogP contribution is -2.36. The van der Waals surface area contributed by atoms with Crippen LogP contribution in [0.25, 0.3) is 10.2 Å². The Morgan fingerprint density at radius 1 is 1.33 bits per heavy atom. The van der Waals surface area contributed by atoms with Crippen molar-refractivity contribution < 1.29 is 13.2 Å². The lowest BCUT2D eigenvalue weighted by atomic mass is 10.1. The molecular weight excluding hydrogens is 442 g/mol. The summed E-state index contributed by atoms with van der Waals surface area (Å²) in [4.78, 5) is 32.4. The van der Waals surface area contributed by atoms with Crippen molar-refractivity contribution >= 4 is 49.1 Å². The van der Waals surface area contributed by atoms with E-state index in [2.05, 4.69) is 11.9 Å². The highest BCUT2D eigenvalue weighted by atomic mass is 32.2. The Labute approximate surface area is 183 Å². The predicted octanol–water partition coefficient (Wildman–Crippen LogP) is 2.31. The molecule has 0 spiro atoms. The van der Waals surface area contributed by atoms with Gasteiger partial charge in [-0.15, -0.1) is 17.9 Å². The van der Waals surface area contributed by atoms with Crippen molar-refractivity contribution in [2.24, 2.45) is 0 Å². The van der Waals surface area contributed by atoms with Crippen molar-refractivity contribution in [3.8, 4) is 0 Å². The second-order valence-corrected chi connectivity index (χ2v) is 12.1. The number of nitrogens with zero attached hydrogens (tertiary/aromatic N) is 2. The number of nitrogens with one attached hydrogen (secondary N) is 1. The summed E-state index contributed by atoms with van der Waals surface area (Å²) in [5, 5.41) is 4.01. The average Bonchev–Trinajstić information content (AvgIpc) is 3.12. The number of carbonyl (C=O) groups is 1. The second-order valence-electron chi connectivity index (χ2n) is 7.80. The molecule has 1 unspecified atom stereocenters. The highest BCUT2D eigenvalue weighted by molar-refractivity contribution is 7.99. The first-order valence-corrected chi connectivity index (χ1v) is 13.8. The van der Waals surface area contributed by atoms with E-state index in [0.29, 0.717) is 18.1 Å². The first kappa shape index (κ1) is 21.6. The van der Waals surface area contributed by atoms with Crippen LogP contribution in [0.5, 0.6) is 0 Å². The van der Waals surface area contributed by atoms with E-state index < -0.39 is 9.84 Å². The number of thioether (sulfide) groups is 1. The minimum atomic E-state index is -3.05. The molecule has 1 atom stereocenters. The molecule has 3 heterocycles. The summed E-state index contributed by atoms with van der Waals surface area (Å²) in [7, 11) is -3.05. The third-order valence-corrected chi connectivity index (χ3v) is 9.46. The van der Waals surface area contributed by atoms with Crippen LogP contribution in [0, 0.1) is 0 Å². The number of aromatic nitrogens is 2. The molecule has 10 heteroatoms. The van der Waals surface area contributed by atoms with Gasteiger partial charge < -0.3 is 5.32 Å². The first-order chi connectivity index (χ1) is 14.4. The molecule has 1 aliphatic carbocycles. The lowest BCUT2D eigenvalue weighted by Gasteiger charge is -2.12. The van der Waals surface area contributed by atoms with Crippen LogP contribution in [0.4, 0.5) is 0 Å². The minimum absolute atomic E-state index is 0.00443. The molecule has 1 amide bonds. The van der Waals surface area contributed by atoms with E-state index in [1.165, 1.54) is 23.1 Å². The van der Waals surface area contributed by atoms with Gasteiger partial charge in [0.25, 0.3) is 5.56 Å². The largest absolute Gasteiger partial charge is 0.352 e. The van der Waals surface area contributed by atoms with E-state index in [4.69, 9.17) is 4.98 Å². The molecule has 1 aliphatic heterocycles. The van der Waals surface area contributed by atoms with Gasteiger partial charge >= 0.3 is 0 Å². The molecule has 0 radical (unpaired) electrons. The normalized spacial score (nSPS) is 20.6. The minimum Gasteiger partial charge on any atom is -0.352 e. The third-order valence-electron chi connectivity index (χ3n) is 5.53. The number of sulfone groups is 1. The number of hydrogen-bond acceptors (Lipinski definition) is 7. The molecule has 4 rings (SSSR count). The molecule has 2 aromatic heterocycles. The fraction of sp³-hybridized carbons (Fsp3) is 0.550. The zero-order valence-corrected chi connectivity index (χ0v) is 19.1. The van der Waals surface area contributed by atoms with Crippen LogP contribution in [-0.2, 0) is 34.0 Å². The van der Waals surface area contributed by atoms with Gasteiger partial charge in [-0.3, -0.25) is 14.2 Å².